The number of nitrogens with zero attached hydrogens (tertiary/aromatic N) is 1. The van der Waals surface area contributed by atoms with Gasteiger partial charge in [0.25, 0.3) is 5.91 Å². The molecule has 0 spiro atoms. The highest BCUT2D eigenvalue weighted by Gasteiger charge is 2.16. The Balaban J connectivity index is 1.66. The molecule has 31 heavy (non-hydrogen) atoms. The van der Waals surface area contributed by atoms with Crippen molar-refractivity contribution in [3.63, 3.8) is 0 Å². The summed E-state index contributed by atoms with van der Waals surface area (Å²) in [5.74, 6) is -1.19. The van der Waals surface area contributed by atoms with E-state index in [2.05, 4.69) is 20.9 Å². The standard InChI is InChI=1S/C23H22ClFN4O2/c1-15(30)27-13-12-26-14-17-10-11-20(28-22(17)25)29-23(31)19-9-5-8-18(21(19)24)16-6-3-2-4-7-16/h2-11,26H,12-14H2,1H3,(H,27,30)(H,28,29,31). The highest BCUT2D eigenvalue weighted by atomic mass is 35.5. The first kappa shape index (κ1) is 22.4. The summed E-state index contributed by atoms with van der Waals surface area (Å²) in [6, 6.07) is 17.7. The minimum absolute atomic E-state index is 0.0886. The highest BCUT2D eigenvalue weighted by Crippen LogP contribution is 2.31. The van der Waals surface area contributed by atoms with Gasteiger partial charge in [0.2, 0.25) is 11.9 Å². The molecule has 0 aliphatic rings. The van der Waals surface area contributed by atoms with E-state index >= 15 is 0 Å². The van der Waals surface area contributed by atoms with Gasteiger partial charge in [-0.25, -0.2) is 4.98 Å². The Morgan fingerprint density at radius 2 is 1.77 bits per heavy atom. The number of anilines is 1. The quantitative estimate of drug-likeness (QED) is 0.365. The number of pyridine rings is 1. The molecule has 2 aromatic carbocycles. The minimum Gasteiger partial charge on any atom is -0.355 e. The number of amides is 2. The molecule has 160 valence electrons. The van der Waals surface area contributed by atoms with Crippen LogP contribution in [0.3, 0.4) is 0 Å². The molecule has 1 aromatic heterocycles. The van der Waals surface area contributed by atoms with Gasteiger partial charge in [-0.2, -0.15) is 4.39 Å². The van der Waals surface area contributed by atoms with E-state index in [1.165, 1.54) is 13.0 Å². The van der Waals surface area contributed by atoms with Crippen LogP contribution in [0.5, 0.6) is 0 Å². The maximum Gasteiger partial charge on any atom is 0.258 e. The summed E-state index contributed by atoms with van der Waals surface area (Å²) in [6.45, 7) is 2.62. The van der Waals surface area contributed by atoms with Gasteiger partial charge in [0.15, 0.2) is 0 Å². The molecule has 0 saturated heterocycles. The summed E-state index contributed by atoms with van der Waals surface area (Å²) in [4.78, 5) is 27.4. The summed E-state index contributed by atoms with van der Waals surface area (Å²) >= 11 is 6.47. The molecule has 0 aliphatic carbocycles. The number of carbonyl (C=O) groups is 2. The number of carbonyl (C=O) groups excluding carboxylic acids is 2. The van der Waals surface area contributed by atoms with Gasteiger partial charge in [0, 0.05) is 37.7 Å². The number of rotatable bonds is 8. The molecule has 8 heteroatoms. The van der Waals surface area contributed by atoms with Crippen molar-refractivity contribution in [3.05, 3.63) is 82.8 Å². The van der Waals surface area contributed by atoms with Crippen molar-refractivity contribution in [2.45, 2.75) is 13.5 Å². The van der Waals surface area contributed by atoms with Crippen molar-refractivity contribution in [1.29, 1.82) is 0 Å². The Bertz CT molecular complexity index is 1080. The number of nitrogens with one attached hydrogen (secondary N) is 3. The van der Waals surface area contributed by atoms with Gasteiger partial charge in [-0.3, -0.25) is 9.59 Å². The van der Waals surface area contributed by atoms with E-state index in [1.807, 2.05) is 36.4 Å². The maximum atomic E-state index is 14.3. The van der Waals surface area contributed by atoms with Crippen LogP contribution in [0.25, 0.3) is 11.1 Å². The van der Waals surface area contributed by atoms with E-state index in [9.17, 15) is 14.0 Å². The van der Waals surface area contributed by atoms with Crippen LogP contribution < -0.4 is 16.0 Å². The Morgan fingerprint density at radius 1 is 1.00 bits per heavy atom. The summed E-state index contributed by atoms with van der Waals surface area (Å²) in [5.41, 5.74) is 2.25. The molecule has 0 aliphatic heterocycles. The van der Waals surface area contributed by atoms with Crippen LogP contribution in [0.15, 0.2) is 60.7 Å². The molecule has 0 radical (unpaired) electrons. The molecule has 0 saturated carbocycles. The van der Waals surface area contributed by atoms with Gasteiger partial charge in [-0.15, -0.1) is 0 Å². The van der Waals surface area contributed by atoms with Crippen molar-refractivity contribution in [2.75, 3.05) is 18.4 Å². The Hall–Kier alpha value is -3.29. The van der Waals surface area contributed by atoms with Gasteiger partial charge in [0.1, 0.15) is 5.82 Å². The third-order valence-electron chi connectivity index (χ3n) is 4.49. The second kappa shape index (κ2) is 10.7. The second-order valence-electron chi connectivity index (χ2n) is 6.79. The lowest BCUT2D eigenvalue weighted by molar-refractivity contribution is -0.118. The van der Waals surface area contributed by atoms with E-state index in [0.29, 0.717) is 23.7 Å². The van der Waals surface area contributed by atoms with Crippen molar-refractivity contribution >= 4 is 29.2 Å². The molecule has 3 N–H and O–H groups in total. The zero-order valence-corrected chi connectivity index (χ0v) is 17.7. The molecule has 6 nitrogen and oxygen atoms in total. The summed E-state index contributed by atoms with van der Waals surface area (Å²) in [5, 5.41) is 8.56. The van der Waals surface area contributed by atoms with Crippen LogP contribution in [0.1, 0.15) is 22.8 Å². The van der Waals surface area contributed by atoms with Crippen LogP contribution in [-0.2, 0) is 11.3 Å². The molecular formula is C23H22ClFN4O2. The minimum atomic E-state index is -0.686. The number of hydrogen-bond acceptors (Lipinski definition) is 4. The van der Waals surface area contributed by atoms with E-state index < -0.39 is 11.9 Å². The van der Waals surface area contributed by atoms with E-state index in [0.717, 1.165) is 11.1 Å². The van der Waals surface area contributed by atoms with Crippen molar-refractivity contribution in [1.82, 2.24) is 15.6 Å². The van der Waals surface area contributed by atoms with Crippen LogP contribution in [0.4, 0.5) is 10.2 Å². The molecule has 3 aromatic rings. The van der Waals surface area contributed by atoms with E-state index in [4.69, 9.17) is 11.6 Å². The zero-order chi connectivity index (χ0) is 22.2. The zero-order valence-electron chi connectivity index (χ0n) is 16.9. The lowest BCUT2D eigenvalue weighted by atomic mass is 10.0. The van der Waals surface area contributed by atoms with Crippen LogP contribution in [0, 0.1) is 5.95 Å². The van der Waals surface area contributed by atoms with Gasteiger partial charge in [-0.1, -0.05) is 54.1 Å². The normalized spacial score (nSPS) is 10.5. The lowest BCUT2D eigenvalue weighted by Gasteiger charge is -2.11. The van der Waals surface area contributed by atoms with Crippen molar-refractivity contribution < 1.29 is 14.0 Å². The molecule has 0 fully saturated rings. The number of hydrogen-bond donors (Lipinski definition) is 3. The van der Waals surface area contributed by atoms with Gasteiger partial charge >= 0.3 is 0 Å². The summed E-state index contributed by atoms with van der Waals surface area (Å²) in [7, 11) is 0. The third-order valence-corrected chi connectivity index (χ3v) is 4.89. The number of benzene rings is 2. The average Bonchev–Trinajstić information content (AvgIpc) is 2.75. The Morgan fingerprint density at radius 3 is 2.48 bits per heavy atom. The number of halogens is 2. The molecule has 0 unspecified atom stereocenters. The van der Waals surface area contributed by atoms with Crippen LogP contribution in [0.2, 0.25) is 5.02 Å². The fourth-order valence-electron chi connectivity index (χ4n) is 2.95. The molecule has 2 amide bonds. The third kappa shape index (κ3) is 6.10. The lowest BCUT2D eigenvalue weighted by Crippen LogP contribution is -2.30. The van der Waals surface area contributed by atoms with E-state index in [-0.39, 0.29) is 23.8 Å². The Kier molecular flexibility index (Phi) is 7.70. The smallest absolute Gasteiger partial charge is 0.258 e. The van der Waals surface area contributed by atoms with Crippen molar-refractivity contribution in [2.24, 2.45) is 0 Å². The molecule has 0 bridgehead atoms. The monoisotopic (exact) mass is 440 g/mol. The second-order valence-corrected chi connectivity index (χ2v) is 7.17. The average molecular weight is 441 g/mol. The highest BCUT2D eigenvalue weighted by molar-refractivity contribution is 6.37. The van der Waals surface area contributed by atoms with Crippen LogP contribution in [-0.4, -0.2) is 29.9 Å². The molecular weight excluding hydrogens is 419 g/mol. The predicted octanol–water partition coefficient (Wildman–Crippen LogP) is 4.02. The van der Waals surface area contributed by atoms with E-state index in [1.54, 1.807) is 18.2 Å². The molecule has 0 atom stereocenters. The number of aromatic nitrogens is 1. The van der Waals surface area contributed by atoms with Crippen LogP contribution >= 0.6 is 11.6 Å². The largest absolute Gasteiger partial charge is 0.355 e. The van der Waals surface area contributed by atoms with Gasteiger partial charge < -0.3 is 16.0 Å². The fourth-order valence-corrected chi connectivity index (χ4v) is 3.27. The predicted molar refractivity (Wildman–Crippen MR) is 119 cm³/mol. The summed E-state index contributed by atoms with van der Waals surface area (Å²) < 4.78 is 14.3. The van der Waals surface area contributed by atoms with Gasteiger partial charge in [0.05, 0.1) is 10.6 Å². The first-order chi connectivity index (χ1) is 15.0. The van der Waals surface area contributed by atoms with Gasteiger partial charge in [-0.05, 0) is 23.8 Å². The summed E-state index contributed by atoms with van der Waals surface area (Å²) in [6.07, 6.45) is 0. The molecule has 3 rings (SSSR count). The topological polar surface area (TPSA) is 83.1 Å². The van der Waals surface area contributed by atoms with Crippen molar-refractivity contribution in [3.8, 4) is 11.1 Å². The first-order valence-corrected chi connectivity index (χ1v) is 10.1. The first-order valence-electron chi connectivity index (χ1n) is 9.71. The fraction of sp³-hybridized carbons (Fsp3) is 0.174. The maximum absolute atomic E-state index is 14.3. The molecule has 1 heterocycles. The Labute approximate surface area is 184 Å². The SMILES string of the molecule is CC(=O)NCCNCc1ccc(NC(=O)c2cccc(-c3ccccc3)c2Cl)nc1F.